The van der Waals surface area contributed by atoms with Gasteiger partial charge in [-0.25, -0.2) is 14.4 Å². The molecule has 1 fully saturated rings. The van der Waals surface area contributed by atoms with Gasteiger partial charge in [0.2, 0.25) is 0 Å². The van der Waals surface area contributed by atoms with Crippen LogP contribution in [-0.4, -0.2) is 49.4 Å². The number of rotatable bonds is 3. The predicted molar refractivity (Wildman–Crippen MR) is 80.0 cm³/mol. The van der Waals surface area contributed by atoms with Crippen molar-refractivity contribution in [2.24, 2.45) is 5.73 Å². The minimum Gasteiger partial charge on any atom is -0.352 e. The Kier molecular flexibility index (Phi) is 4.35. The van der Waals surface area contributed by atoms with Gasteiger partial charge in [0.25, 0.3) is 0 Å². The molecular weight excluding hydrogens is 288 g/mol. The number of urea groups is 3. The lowest BCUT2D eigenvalue weighted by Gasteiger charge is -2.27. The van der Waals surface area contributed by atoms with E-state index in [9.17, 15) is 14.4 Å². The molecule has 0 aliphatic carbocycles. The summed E-state index contributed by atoms with van der Waals surface area (Å²) in [6, 6.07) is 7.19. The normalized spacial score (nSPS) is 20.7. The number of carbonyl (C=O) groups is 3. The van der Waals surface area contributed by atoms with E-state index in [2.05, 4.69) is 16.0 Å². The molecule has 2 rings (SSSR count). The Hall–Kier alpha value is -2.97. The van der Waals surface area contributed by atoms with Gasteiger partial charge in [0.15, 0.2) is 6.17 Å². The Balaban J connectivity index is 2.38. The van der Waals surface area contributed by atoms with Crippen molar-refractivity contribution < 1.29 is 14.4 Å². The highest BCUT2D eigenvalue weighted by molar-refractivity contribution is 5.96. The molecule has 1 aromatic carbocycles. The minimum absolute atomic E-state index is 0.369. The summed E-state index contributed by atoms with van der Waals surface area (Å²) in [5.41, 5.74) is 5.75. The van der Waals surface area contributed by atoms with E-state index in [0.717, 1.165) is 0 Å². The summed E-state index contributed by atoms with van der Waals surface area (Å²) in [5.74, 6) is 0. The second-order valence-electron chi connectivity index (χ2n) is 4.72. The quantitative estimate of drug-likeness (QED) is 0.619. The van der Waals surface area contributed by atoms with Crippen molar-refractivity contribution in [3.05, 3.63) is 30.3 Å². The van der Waals surface area contributed by atoms with Crippen LogP contribution < -0.4 is 26.6 Å². The molecule has 2 unspecified atom stereocenters. The first-order valence-electron chi connectivity index (χ1n) is 6.61. The summed E-state index contributed by atoms with van der Waals surface area (Å²) in [5, 5.41) is 7.51. The standard InChI is InChI=1S/C13H18N6O3/c1-15-12(21)17-10-9(16-11(14)20)18(2)13(22)19(10)8-6-4-3-5-7-8/h3-7,9-10H,1-2H3,(H3,14,16,20)(H2,15,17,21). The van der Waals surface area contributed by atoms with E-state index in [1.54, 1.807) is 24.3 Å². The topological polar surface area (TPSA) is 120 Å². The number of primary amides is 1. The first-order valence-corrected chi connectivity index (χ1v) is 6.61. The van der Waals surface area contributed by atoms with Crippen LogP contribution in [0.2, 0.25) is 0 Å². The summed E-state index contributed by atoms with van der Waals surface area (Å²) in [7, 11) is 2.98. The molecule has 0 bridgehead atoms. The van der Waals surface area contributed by atoms with Gasteiger partial charge >= 0.3 is 18.1 Å². The van der Waals surface area contributed by atoms with Gasteiger partial charge in [0, 0.05) is 19.8 Å². The van der Waals surface area contributed by atoms with Gasteiger partial charge in [-0.05, 0) is 12.1 Å². The Bertz CT molecular complexity index is 578. The maximum absolute atomic E-state index is 12.5. The van der Waals surface area contributed by atoms with Crippen LogP contribution in [-0.2, 0) is 0 Å². The molecule has 1 aromatic rings. The van der Waals surface area contributed by atoms with Gasteiger partial charge in [-0.3, -0.25) is 4.90 Å². The lowest BCUT2D eigenvalue weighted by Crippen LogP contribution is -2.59. The molecule has 1 saturated heterocycles. The van der Waals surface area contributed by atoms with Crippen LogP contribution in [0.15, 0.2) is 30.3 Å². The summed E-state index contributed by atoms with van der Waals surface area (Å²) in [6.45, 7) is 0. The van der Waals surface area contributed by atoms with Crippen LogP contribution in [0, 0.1) is 0 Å². The van der Waals surface area contributed by atoms with Crippen molar-refractivity contribution in [2.45, 2.75) is 12.3 Å². The van der Waals surface area contributed by atoms with Crippen molar-refractivity contribution in [3.63, 3.8) is 0 Å². The number of nitrogens with zero attached hydrogens (tertiary/aromatic N) is 2. The van der Waals surface area contributed by atoms with E-state index in [4.69, 9.17) is 5.73 Å². The SMILES string of the molecule is CNC(=O)NC1C(NC(N)=O)N(C)C(=O)N1c1ccccc1. The van der Waals surface area contributed by atoms with Gasteiger partial charge in [-0.15, -0.1) is 0 Å². The molecule has 118 valence electrons. The fourth-order valence-corrected chi connectivity index (χ4v) is 2.29. The van der Waals surface area contributed by atoms with Crippen molar-refractivity contribution in [1.29, 1.82) is 0 Å². The van der Waals surface area contributed by atoms with E-state index in [-0.39, 0.29) is 6.03 Å². The van der Waals surface area contributed by atoms with Crippen LogP contribution in [0.5, 0.6) is 0 Å². The number of amides is 6. The molecule has 1 aliphatic rings. The number of hydrogen-bond acceptors (Lipinski definition) is 3. The zero-order chi connectivity index (χ0) is 16.3. The molecular formula is C13H18N6O3. The van der Waals surface area contributed by atoms with Gasteiger partial charge in [0.1, 0.15) is 6.17 Å². The lowest BCUT2D eigenvalue weighted by molar-refractivity contribution is 0.198. The molecule has 0 aromatic heterocycles. The van der Waals surface area contributed by atoms with Crippen molar-refractivity contribution >= 4 is 23.8 Å². The van der Waals surface area contributed by atoms with E-state index in [1.807, 2.05) is 6.07 Å². The van der Waals surface area contributed by atoms with E-state index >= 15 is 0 Å². The van der Waals surface area contributed by atoms with Gasteiger partial charge in [0.05, 0.1) is 0 Å². The number of likely N-dealkylation sites (N-methyl/N-ethyl adjacent to an activating group) is 1. The predicted octanol–water partition coefficient (Wildman–Crippen LogP) is -0.192. The van der Waals surface area contributed by atoms with Gasteiger partial charge in [-0.2, -0.15) is 0 Å². The Labute approximate surface area is 127 Å². The molecule has 9 heteroatoms. The number of para-hydroxylation sites is 1. The van der Waals surface area contributed by atoms with Crippen LogP contribution in [0.1, 0.15) is 0 Å². The smallest absolute Gasteiger partial charge is 0.327 e. The zero-order valence-electron chi connectivity index (χ0n) is 12.2. The van der Waals surface area contributed by atoms with Crippen LogP contribution in [0.25, 0.3) is 0 Å². The lowest BCUT2D eigenvalue weighted by atomic mass is 10.2. The van der Waals surface area contributed by atoms with Crippen LogP contribution >= 0.6 is 0 Å². The molecule has 0 radical (unpaired) electrons. The number of nitrogens with one attached hydrogen (secondary N) is 3. The first-order chi connectivity index (χ1) is 10.5. The zero-order valence-corrected chi connectivity index (χ0v) is 12.2. The minimum atomic E-state index is -0.799. The second-order valence-corrected chi connectivity index (χ2v) is 4.72. The number of benzene rings is 1. The summed E-state index contributed by atoms with van der Waals surface area (Å²) in [6.07, 6.45) is -1.59. The van der Waals surface area contributed by atoms with Gasteiger partial charge in [-0.1, -0.05) is 18.2 Å². The van der Waals surface area contributed by atoms with Crippen molar-refractivity contribution in [2.75, 3.05) is 19.0 Å². The summed E-state index contributed by atoms with van der Waals surface area (Å²) < 4.78 is 0. The maximum Gasteiger partial charge on any atom is 0.327 e. The third kappa shape index (κ3) is 2.87. The maximum atomic E-state index is 12.5. The third-order valence-corrected chi connectivity index (χ3v) is 3.33. The average molecular weight is 306 g/mol. The Morgan fingerprint density at radius 2 is 1.77 bits per heavy atom. The number of hydrogen-bond donors (Lipinski definition) is 4. The molecule has 6 amide bonds. The molecule has 1 aliphatic heterocycles. The monoisotopic (exact) mass is 306 g/mol. The second kappa shape index (κ2) is 6.20. The highest BCUT2D eigenvalue weighted by Gasteiger charge is 2.46. The van der Waals surface area contributed by atoms with Gasteiger partial charge < -0.3 is 26.6 Å². The molecule has 2 atom stereocenters. The number of carbonyl (C=O) groups excluding carboxylic acids is 3. The summed E-state index contributed by atoms with van der Waals surface area (Å²) >= 11 is 0. The third-order valence-electron chi connectivity index (χ3n) is 3.33. The molecule has 0 spiro atoms. The van der Waals surface area contributed by atoms with Crippen molar-refractivity contribution in [3.8, 4) is 0 Å². The molecule has 22 heavy (non-hydrogen) atoms. The van der Waals surface area contributed by atoms with E-state index in [0.29, 0.717) is 5.69 Å². The molecule has 5 N–H and O–H groups in total. The highest BCUT2D eigenvalue weighted by atomic mass is 16.2. The van der Waals surface area contributed by atoms with Crippen LogP contribution in [0.4, 0.5) is 20.1 Å². The molecule has 1 heterocycles. The highest BCUT2D eigenvalue weighted by Crippen LogP contribution is 2.25. The fourth-order valence-electron chi connectivity index (χ4n) is 2.29. The van der Waals surface area contributed by atoms with Crippen molar-refractivity contribution in [1.82, 2.24) is 20.9 Å². The summed E-state index contributed by atoms with van der Waals surface area (Å²) in [4.78, 5) is 38.0. The fraction of sp³-hybridized carbons (Fsp3) is 0.308. The molecule has 9 nitrogen and oxygen atoms in total. The van der Waals surface area contributed by atoms with E-state index < -0.39 is 24.4 Å². The average Bonchev–Trinajstić information content (AvgIpc) is 2.72. The number of nitrogens with two attached hydrogens (primary N) is 1. The largest absolute Gasteiger partial charge is 0.352 e. The molecule has 0 saturated carbocycles. The Morgan fingerprint density at radius 3 is 2.32 bits per heavy atom. The first kappa shape index (κ1) is 15.4. The Morgan fingerprint density at radius 1 is 1.14 bits per heavy atom. The number of anilines is 1. The van der Waals surface area contributed by atoms with E-state index in [1.165, 1.54) is 23.9 Å². The van der Waals surface area contributed by atoms with Crippen LogP contribution in [0.3, 0.4) is 0 Å².